The first-order valence-corrected chi connectivity index (χ1v) is 11.2. The molecule has 8 heteroatoms. The SMILES string of the molecule is COc1ccccc1-c1nn(CCC(=O)Nc2ccc3c(c2)OCCO3)c2nc(C)cc(C)c12. The number of anilines is 1. The molecule has 2 aromatic carbocycles. The minimum Gasteiger partial charge on any atom is -0.496 e. The van der Waals surface area contributed by atoms with Crippen LogP contribution in [0.2, 0.25) is 0 Å². The lowest BCUT2D eigenvalue weighted by atomic mass is 10.0. The molecule has 0 radical (unpaired) electrons. The summed E-state index contributed by atoms with van der Waals surface area (Å²) < 4.78 is 18.5. The summed E-state index contributed by atoms with van der Waals surface area (Å²) in [5.41, 5.74) is 5.09. The van der Waals surface area contributed by atoms with E-state index >= 15 is 0 Å². The maximum Gasteiger partial charge on any atom is 0.226 e. The normalized spacial score (nSPS) is 12.6. The van der Waals surface area contributed by atoms with Crippen molar-refractivity contribution in [2.45, 2.75) is 26.8 Å². The molecule has 0 atom stereocenters. The van der Waals surface area contributed by atoms with E-state index in [4.69, 9.17) is 24.3 Å². The van der Waals surface area contributed by atoms with Crippen LogP contribution in [0.15, 0.2) is 48.5 Å². The van der Waals surface area contributed by atoms with Gasteiger partial charge in [-0.05, 0) is 49.7 Å². The molecule has 1 aliphatic rings. The van der Waals surface area contributed by atoms with E-state index < -0.39 is 0 Å². The van der Waals surface area contributed by atoms with Crippen LogP contribution in [-0.4, -0.2) is 41.0 Å². The molecule has 0 unspecified atom stereocenters. The number of carbonyl (C=O) groups excluding carboxylic acids is 1. The van der Waals surface area contributed by atoms with Gasteiger partial charge in [0.05, 0.1) is 19.0 Å². The zero-order chi connectivity index (χ0) is 23.7. The van der Waals surface area contributed by atoms with Gasteiger partial charge < -0.3 is 19.5 Å². The molecule has 0 spiro atoms. The van der Waals surface area contributed by atoms with Crippen molar-refractivity contribution in [1.29, 1.82) is 0 Å². The number of fused-ring (bicyclic) bond motifs is 2. The monoisotopic (exact) mass is 458 g/mol. The molecule has 1 amide bonds. The van der Waals surface area contributed by atoms with Crippen molar-refractivity contribution in [2.24, 2.45) is 0 Å². The van der Waals surface area contributed by atoms with Crippen molar-refractivity contribution >= 4 is 22.6 Å². The first-order valence-electron chi connectivity index (χ1n) is 11.2. The second kappa shape index (κ2) is 9.05. The Morgan fingerprint density at radius 1 is 1.09 bits per heavy atom. The number of benzene rings is 2. The van der Waals surface area contributed by atoms with Crippen LogP contribution in [0.5, 0.6) is 17.2 Å². The van der Waals surface area contributed by atoms with Crippen LogP contribution in [-0.2, 0) is 11.3 Å². The Morgan fingerprint density at radius 3 is 2.71 bits per heavy atom. The molecule has 0 bridgehead atoms. The van der Waals surface area contributed by atoms with Gasteiger partial charge in [0, 0.05) is 29.4 Å². The summed E-state index contributed by atoms with van der Waals surface area (Å²) in [6, 6.07) is 15.2. The Balaban J connectivity index is 1.41. The standard InChI is InChI=1S/C26H26N4O4/c1-16-14-17(2)27-26-24(16)25(19-6-4-5-7-20(19)32-3)29-30(26)11-10-23(31)28-18-8-9-21-22(15-18)34-13-12-33-21/h4-9,14-15H,10-13H2,1-3H3,(H,28,31). The van der Waals surface area contributed by atoms with Gasteiger partial charge in [-0.15, -0.1) is 0 Å². The Labute approximate surface area is 197 Å². The molecule has 34 heavy (non-hydrogen) atoms. The third kappa shape index (κ3) is 4.14. The average molecular weight is 459 g/mol. The fourth-order valence-electron chi connectivity index (χ4n) is 4.25. The Kier molecular flexibility index (Phi) is 5.79. The third-order valence-corrected chi connectivity index (χ3v) is 5.77. The van der Waals surface area contributed by atoms with E-state index in [9.17, 15) is 4.79 Å². The number of nitrogens with one attached hydrogen (secondary N) is 1. The molecule has 1 N–H and O–H groups in total. The predicted molar refractivity (Wildman–Crippen MR) is 130 cm³/mol. The number of carbonyl (C=O) groups is 1. The van der Waals surface area contributed by atoms with Gasteiger partial charge in [0.25, 0.3) is 0 Å². The van der Waals surface area contributed by atoms with Gasteiger partial charge in [0.2, 0.25) is 5.91 Å². The second-order valence-electron chi connectivity index (χ2n) is 8.21. The molecule has 3 heterocycles. The molecule has 5 rings (SSSR count). The number of methoxy groups -OCH3 is 1. The van der Waals surface area contributed by atoms with Crippen LogP contribution in [0.4, 0.5) is 5.69 Å². The molecule has 0 fully saturated rings. The number of nitrogens with zero attached hydrogens (tertiary/aromatic N) is 3. The molecular formula is C26H26N4O4. The molecule has 8 nitrogen and oxygen atoms in total. The lowest BCUT2D eigenvalue weighted by Gasteiger charge is -2.19. The van der Waals surface area contributed by atoms with Crippen LogP contribution in [0.25, 0.3) is 22.3 Å². The average Bonchev–Trinajstić information content (AvgIpc) is 3.21. The van der Waals surface area contributed by atoms with E-state index in [-0.39, 0.29) is 12.3 Å². The van der Waals surface area contributed by atoms with Gasteiger partial charge in [-0.25, -0.2) is 9.67 Å². The van der Waals surface area contributed by atoms with Crippen LogP contribution < -0.4 is 19.5 Å². The zero-order valence-electron chi connectivity index (χ0n) is 19.4. The van der Waals surface area contributed by atoms with E-state index in [0.29, 0.717) is 36.9 Å². The highest BCUT2D eigenvalue weighted by atomic mass is 16.6. The fourth-order valence-corrected chi connectivity index (χ4v) is 4.25. The van der Waals surface area contributed by atoms with Crippen molar-refractivity contribution in [3.05, 3.63) is 59.8 Å². The number of pyridine rings is 1. The molecule has 0 aliphatic carbocycles. The molecule has 0 saturated carbocycles. The van der Waals surface area contributed by atoms with Crippen molar-refractivity contribution in [1.82, 2.24) is 14.8 Å². The second-order valence-corrected chi connectivity index (χ2v) is 8.21. The van der Waals surface area contributed by atoms with Crippen molar-refractivity contribution in [3.63, 3.8) is 0 Å². The first-order chi connectivity index (χ1) is 16.5. The number of aromatic nitrogens is 3. The van der Waals surface area contributed by atoms with E-state index in [1.54, 1.807) is 23.9 Å². The largest absolute Gasteiger partial charge is 0.496 e. The van der Waals surface area contributed by atoms with E-state index in [0.717, 1.165) is 39.3 Å². The highest BCUT2D eigenvalue weighted by molar-refractivity contribution is 5.96. The Morgan fingerprint density at radius 2 is 1.88 bits per heavy atom. The topological polar surface area (TPSA) is 87.5 Å². The maximum absolute atomic E-state index is 12.7. The number of ether oxygens (including phenoxy) is 3. The maximum atomic E-state index is 12.7. The van der Waals surface area contributed by atoms with Gasteiger partial charge in [0.15, 0.2) is 17.1 Å². The molecule has 174 valence electrons. The van der Waals surface area contributed by atoms with Crippen LogP contribution in [0.3, 0.4) is 0 Å². The third-order valence-electron chi connectivity index (χ3n) is 5.77. The van der Waals surface area contributed by atoms with Crippen LogP contribution >= 0.6 is 0 Å². The highest BCUT2D eigenvalue weighted by Gasteiger charge is 2.20. The molecule has 2 aromatic heterocycles. The number of para-hydroxylation sites is 1. The number of rotatable bonds is 6. The molecule has 0 saturated heterocycles. The lowest BCUT2D eigenvalue weighted by molar-refractivity contribution is -0.116. The summed E-state index contributed by atoms with van der Waals surface area (Å²) in [6.07, 6.45) is 0.241. The molecule has 1 aliphatic heterocycles. The fraction of sp³-hybridized carbons (Fsp3) is 0.269. The number of hydrogen-bond donors (Lipinski definition) is 1. The van der Waals surface area contributed by atoms with Crippen molar-refractivity contribution in [3.8, 4) is 28.5 Å². The van der Waals surface area contributed by atoms with Crippen LogP contribution in [0.1, 0.15) is 17.7 Å². The summed E-state index contributed by atoms with van der Waals surface area (Å²) in [4.78, 5) is 17.5. The van der Waals surface area contributed by atoms with E-state index in [1.807, 2.05) is 43.3 Å². The minimum atomic E-state index is -0.122. The predicted octanol–water partition coefficient (Wildman–Crippen LogP) is 4.52. The summed E-state index contributed by atoms with van der Waals surface area (Å²) in [7, 11) is 1.65. The quantitative estimate of drug-likeness (QED) is 0.457. The molecular weight excluding hydrogens is 432 g/mol. The number of aryl methyl sites for hydroxylation is 3. The van der Waals surface area contributed by atoms with Gasteiger partial charge in [-0.1, -0.05) is 12.1 Å². The van der Waals surface area contributed by atoms with Crippen molar-refractivity contribution < 1.29 is 19.0 Å². The van der Waals surface area contributed by atoms with Crippen molar-refractivity contribution in [2.75, 3.05) is 25.6 Å². The number of amides is 1. The smallest absolute Gasteiger partial charge is 0.226 e. The zero-order valence-corrected chi connectivity index (χ0v) is 19.4. The van der Waals surface area contributed by atoms with Gasteiger partial charge in [-0.3, -0.25) is 4.79 Å². The van der Waals surface area contributed by atoms with E-state index in [2.05, 4.69) is 12.2 Å². The van der Waals surface area contributed by atoms with E-state index in [1.165, 1.54) is 0 Å². The Hall–Kier alpha value is -4.07. The highest BCUT2D eigenvalue weighted by Crippen LogP contribution is 2.36. The summed E-state index contributed by atoms with van der Waals surface area (Å²) in [6.45, 7) is 5.42. The lowest BCUT2D eigenvalue weighted by Crippen LogP contribution is -2.17. The minimum absolute atomic E-state index is 0.122. The summed E-state index contributed by atoms with van der Waals surface area (Å²) in [5.74, 6) is 1.94. The van der Waals surface area contributed by atoms with Gasteiger partial charge in [0.1, 0.15) is 24.7 Å². The van der Waals surface area contributed by atoms with Gasteiger partial charge in [-0.2, -0.15) is 5.10 Å². The first kappa shape index (κ1) is 21.8. The summed E-state index contributed by atoms with van der Waals surface area (Å²) in [5, 5.41) is 8.76. The number of hydrogen-bond acceptors (Lipinski definition) is 6. The summed E-state index contributed by atoms with van der Waals surface area (Å²) >= 11 is 0. The van der Waals surface area contributed by atoms with Crippen LogP contribution in [0, 0.1) is 13.8 Å². The molecule has 4 aromatic rings. The Bertz CT molecular complexity index is 1380. The van der Waals surface area contributed by atoms with Gasteiger partial charge >= 0.3 is 0 Å².